The first-order valence-corrected chi connectivity index (χ1v) is 7.96. The van der Waals surface area contributed by atoms with Crippen LogP contribution < -0.4 is 9.88 Å². The van der Waals surface area contributed by atoms with E-state index in [0.29, 0.717) is 6.61 Å². The number of hydrogen-bond acceptors (Lipinski definition) is 6. The maximum Gasteiger partial charge on any atom is 0.338 e. The number of hydrogen-bond donors (Lipinski definition) is 1. The summed E-state index contributed by atoms with van der Waals surface area (Å²) in [6.07, 6.45) is 1.70. The van der Waals surface area contributed by atoms with E-state index in [0.717, 1.165) is 18.9 Å². The molecule has 1 aliphatic rings. The van der Waals surface area contributed by atoms with Gasteiger partial charge in [-0.25, -0.2) is 18.4 Å². The number of sulfonamides is 1. The smallest absolute Gasteiger partial charge is 0.338 e. The Hall–Kier alpha value is -1.64. The van der Waals surface area contributed by atoms with Crippen molar-refractivity contribution in [2.75, 3.05) is 20.3 Å². The van der Waals surface area contributed by atoms with E-state index < -0.39 is 16.0 Å². The van der Waals surface area contributed by atoms with Crippen molar-refractivity contribution in [3.05, 3.63) is 23.8 Å². The third-order valence-corrected chi connectivity index (χ3v) is 4.06. The predicted octanol–water partition coefficient (Wildman–Crippen LogP) is 0.678. The van der Waals surface area contributed by atoms with Gasteiger partial charge in [0.25, 0.3) is 0 Å². The summed E-state index contributed by atoms with van der Waals surface area (Å²) in [6, 6.07) is 3.93. The molecule has 0 aromatic heterocycles. The molecule has 0 radical (unpaired) electrons. The first kappa shape index (κ1) is 15.7. The second-order valence-electron chi connectivity index (χ2n) is 4.64. The lowest BCUT2D eigenvalue weighted by atomic mass is 10.2. The van der Waals surface area contributed by atoms with Crippen molar-refractivity contribution < 1.29 is 27.4 Å². The van der Waals surface area contributed by atoms with Crippen molar-refractivity contribution in [2.45, 2.75) is 23.8 Å². The summed E-state index contributed by atoms with van der Waals surface area (Å²) < 4.78 is 38.3. The minimum absolute atomic E-state index is 0.0770. The largest absolute Gasteiger partial charge is 0.495 e. The summed E-state index contributed by atoms with van der Waals surface area (Å²) in [5.41, 5.74) is 0.0952. The molecule has 1 aliphatic heterocycles. The highest BCUT2D eigenvalue weighted by molar-refractivity contribution is 7.89. The van der Waals surface area contributed by atoms with Crippen molar-refractivity contribution in [1.29, 1.82) is 0 Å². The average Bonchev–Trinajstić information content (AvgIpc) is 2.96. The standard InChI is InChI=1S/C13H17NO6S/c1-18-11-5-4-9(7-12(11)21(14,16)17)13(15)20-8-10-3-2-6-19-10/h4-5,7,10H,2-3,6,8H2,1H3,(H2,14,16,17). The van der Waals surface area contributed by atoms with Gasteiger partial charge in [0.15, 0.2) is 0 Å². The molecule has 7 nitrogen and oxygen atoms in total. The molecular formula is C13H17NO6S. The van der Waals surface area contributed by atoms with E-state index >= 15 is 0 Å². The van der Waals surface area contributed by atoms with E-state index in [1.54, 1.807) is 0 Å². The zero-order valence-corrected chi connectivity index (χ0v) is 12.4. The predicted molar refractivity (Wildman–Crippen MR) is 73.6 cm³/mol. The molecule has 1 unspecified atom stereocenters. The van der Waals surface area contributed by atoms with Crippen LogP contribution in [0.5, 0.6) is 5.75 Å². The topological polar surface area (TPSA) is 105 Å². The molecule has 1 atom stereocenters. The number of nitrogens with two attached hydrogens (primary N) is 1. The van der Waals surface area contributed by atoms with Crippen LogP contribution >= 0.6 is 0 Å². The number of ether oxygens (including phenoxy) is 3. The van der Waals surface area contributed by atoms with Gasteiger partial charge in [-0.1, -0.05) is 0 Å². The van der Waals surface area contributed by atoms with Crippen molar-refractivity contribution in [3.63, 3.8) is 0 Å². The number of carbonyl (C=O) groups is 1. The van der Waals surface area contributed by atoms with Gasteiger partial charge < -0.3 is 14.2 Å². The number of methoxy groups -OCH3 is 1. The first-order chi connectivity index (χ1) is 9.91. The monoisotopic (exact) mass is 315 g/mol. The fourth-order valence-corrected chi connectivity index (χ4v) is 2.78. The van der Waals surface area contributed by atoms with Crippen LogP contribution in [0.3, 0.4) is 0 Å². The first-order valence-electron chi connectivity index (χ1n) is 6.41. The normalized spacial score (nSPS) is 18.5. The Morgan fingerprint density at radius 1 is 1.48 bits per heavy atom. The SMILES string of the molecule is COc1ccc(C(=O)OCC2CCCO2)cc1S(N)(=O)=O. The molecule has 21 heavy (non-hydrogen) atoms. The summed E-state index contributed by atoms with van der Waals surface area (Å²) >= 11 is 0. The van der Waals surface area contributed by atoms with Crippen LogP contribution in [-0.2, 0) is 19.5 Å². The molecule has 8 heteroatoms. The Labute approximate surface area is 123 Å². The summed E-state index contributed by atoms with van der Waals surface area (Å²) in [5.74, 6) is -0.550. The van der Waals surface area contributed by atoms with Crippen LogP contribution in [0, 0.1) is 0 Å². The highest BCUT2D eigenvalue weighted by Gasteiger charge is 2.21. The fourth-order valence-electron chi connectivity index (χ4n) is 2.05. The molecule has 0 saturated carbocycles. The van der Waals surface area contributed by atoms with Crippen LogP contribution in [0.15, 0.2) is 23.1 Å². The number of primary sulfonamides is 1. The van der Waals surface area contributed by atoms with Gasteiger partial charge in [0.05, 0.1) is 18.8 Å². The quantitative estimate of drug-likeness (QED) is 0.801. The molecule has 0 bridgehead atoms. The molecule has 1 aromatic rings. The maximum atomic E-state index is 11.9. The Bertz CT molecular complexity index is 622. The minimum atomic E-state index is -3.99. The number of benzene rings is 1. The minimum Gasteiger partial charge on any atom is -0.495 e. The van der Waals surface area contributed by atoms with Crippen molar-refractivity contribution in [2.24, 2.45) is 5.14 Å². The van der Waals surface area contributed by atoms with Gasteiger partial charge in [0, 0.05) is 6.61 Å². The number of carbonyl (C=O) groups excluding carboxylic acids is 1. The van der Waals surface area contributed by atoms with Gasteiger partial charge in [-0.15, -0.1) is 0 Å². The van der Waals surface area contributed by atoms with E-state index in [1.165, 1.54) is 19.2 Å². The van der Waals surface area contributed by atoms with Crippen LogP contribution in [0.1, 0.15) is 23.2 Å². The summed E-state index contributed by atoms with van der Waals surface area (Å²) in [6.45, 7) is 0.815. The van der Waals surface area contributed by atoms with Gasteiger partial charge in [-0.3, -0.25) is 0 Å². The molecular weight excluding hydrogens is 298 g/mol. The second kappa shape index (κ2) is 6.42. The van der Waals surface area contributed by atoms with Gasteiger partial charge in [0.1, 0.15) is 17.3 Å². The Morgan fingerprint density at radius 3 is 2.81 bits per heavy atom. The average molecular weight is 315 g/mol. The summed E-state index contributed by atoms with van der Waals surface area (Å²) in [7, 11) is -2.67. The highest BCUT2D eigenvalue weighted by atomic mass is 32.2. The zero-order valence-electron chi connectivity index (χ0n) is 11.6. The second-order valence-corrected chi connectivity index (χ2v) is 6.17. The Kier molecular flexibility index (Phi) is 4.81. The number of rotatable bonds is 5. The molecule has 2 N–H and O–H groups in total. The van der Waals surface area contributed by atoms with E-state index in [-0.39, 0.29) is 28.9 Å². The lowest BCUT2D eigenvalue weighted by molar-refractivity contribution is 0.0161. The molecule has 0 spiro atoms. The summed E-state index contributed by atoms with van der Waals surface area (Å²) in [4.78, 5) is 11.7. The van der Waals surface area contributed by atoms with E-state index in [4.69, 9.17) is 19.3 Å². The third kappa shape index (κ3) is 3.93. The van der Waals surface area contributed by atoms with Crippen LogP contribution in [0.4, 0.5) is 0 Å². The van der Waals surface area contributed by atoms with Crippen molar-refractivity contribution >= 4 is 16.0 Å². The lowest BCUT2D eigenvalue weighted by Gasteiger charge is -2.11. The van der Waals surface area contributed by atoms with E-state index in [1.807, 2.05) is 0 Å². The summed E-state index contributed by atoms with van der Waals surface area (Å²) in [5, 5.41) is 5.10. The molecule has 0 aliphatic carbocycles. The van der Waals surface area contributed by atoms with Crippen molar-refractivity contribution in [1.82, 2.24) is 0 Å². The van der Waals surface area contributed by atoms with E-state index in [9.17, 15) is 13.2 Å². The van der Waals surface area contributed by atoms with Crippen LogP contribution in [-0.4, -0.2) is 40.8 Å². The third-order valence-electron chi connectivity index (χ3n) is 3.13. The molecule has 1 fully saturated rings. The molecule has 1 aromatic carbocycles. The molecule has 116 valence electrons. The van der Waals surface area contributed by atoms with Crippen LogP contribution in [0.2, 0.25) is 0 Å². The maximum absolute atomic E-state index is 11.9. The van der Waals surface area contributed by atoms with Gasteiger partial charge in [-0.05, 0) is 31.0 Å². The molecule has 1 saturated heterocycles. The van der Waals surface area contributed by atoms with Gasteiger partial charge in [0.2, 0.25) is 10.0 Å². The zero-order chi connectivity index (χ0) is 15.5. The van der Waals surface area contributed by atoms with Gasteiger partial charge in [-0.2, -0.15) is 0 Å². The molecule has 2 rings (SSSR count). The molecule has 1 heterocycles. The van der Waals surface area contributed by atoms with Gasteiger partial charge >= 0.3 is 5.97 Å². The lowest BCUT2D eigenvalue weighted by Crippen LogP contribution is -2.19. The van der Waals surface area contributed by atoms with E-state index in [2.05, 4.69) is 0 Å². The number of esters is 1. The van der Waals surface area contributed by atoms with Crippen LogP contribution in [0.25, 0.3) is 0 Å². The fraction of sp³-hybridized carbons (Fsp3) is 0.462. The highest BCUT2D eigenvalue weighted by Crippen LogP contribution is 2.24. The van der Waals surface area contributed by atoms with Crippen molar-refractivity contribution in [3.8, 4) is 5.75 Å². The molecule has 0 amide bonds. The Morgan fingerprint density at radius 2 is 2.24 bits per heavy atom. The Balaban J connectivity index is 2.13.